The topological polar surface area (TPSA) is 38.1 Å². The maximum absolute atomic E-state index is 5.11. The summed E-state index contributed by atoms with van der Waals surface area (Å²) >= 11 is 0. The van der Waals surface area contributed by atoms with Crippen molar-refractivity contribution in [1.82, 2.24) is 4.98 Å². The van der Waals surface area contributed by atoms with Gasteiger partial charge < -0.3 is 9.73 Å². The van der Waals surface area contributed by atoms with Crippen LogP contribution in [-0.2, 0) is 0 Å². The molecule has 0 atom stereocenters. The van der Waals surface area contributed by atoms with Gasteiger partial charge in [-0.2, -0.15) is 0 Å². The van der Waals surface area contributed by atoms with Crippen LogP contribution in [0.2, 0.25) is 0 Å². The fourth-order valence-electron chi connectivity index (χ4n) is 1.17. The number of fused-ring (bicyclic) bond motifs is 1. The van der Waals surface area contributed by atoms with Gasteiger partial charge >= 0.3 is 0 Å². The fourth-order valence-corrected chi connectivity index (χ4v) is 1.17. The van der Waals surface area contributed by atoms with Gasteiger partial charge in [0.15, 0.2) is 12.0 Å². The molecule has 0 aliphatic rings. The SMILES string of the molecule is CCNc1ccc2ocnc2c1. The Kier molecular flexibility index (Phi) is 1.70. The summed E-state index contributed by atoms with van der Waals surface area (Å²) < 4.78 is 5.11. The molecule has 0 aliphatic carbocycles. The molecule has 0 fully saturated rings. The molecule has 0 aliphatic heterocycles. The average Bonchev–Trinajstić information content (AvgIpc) is 2.51. The lowest BCUT2D eigenvalue weighted by Gasteiger charge is -2.00. The van der Waals surface area contributed by atoms with Gasteiger partial charge in [0, 0.05) is 12.2 Å². The van der Waals surface area contributed by atoms with Crippen LogP contribution in [-0.4, -0.2) is 11.5 Å². The van der Waals surface area contributed by atoms with Gasteiger partial charge in [-0.3, -0.25) is 0 Å². The van der Waals surface area contributed by atoms with E-state index in [1.165, 1.54) is 6.39 Å². The molecule has 1 N–H and O–H groups in total. The van der Waals surface area contributed by atoms with E-state index in [0.29, 0.717) is 0 Å². The maximum Gasteiger partial charge on any atom is 0.181 e. The van der Waals surface area contributed by atoms with Gasteiger partial charge in [-0.25, -0.2) is 4.98 Å². The monoisotopic (exact) mass is 162 g/mol. The van der Waals surface area contributed by atoms with E-state index < -0.39 is 0 Å². The molecule has 62 valence electrons. The van der Waals surface area contributed by atoms with E-state index >= 15 is 0 Å². The zero-order valence-corrected chi connectivity index (χ0v) is 6.87. The van der Waals surface area contributed by atoms with Crippen molar-refractivity contribution in [2.75, 3.05) is 11.9 Å². The van der Waals surface area contributed by atoms with E-state index in [9.17, 15) is 0 Å². The summed E-state index contributed by atoms with van der Waals surface area (Å²) in [4.78, 5) is 4.05. The van der Waals surface area contributed by atoms with Gasteiger partial charge in [0.1, 0.15) is 5.52 Å². The van der Waals surface area contributed by atoms with Crippen LogP contribution in [0.1, 0.15) is 6.92 Å². The minimum Gasteiger partial charge on any atom is -0.443 e. The van der Waals surface area contributed by atoms with Crippen molar-refractivity contribution in [3.05, 3.63) is 24.6 Å². The molecule has 3 nitrogen and oxygen atoms in total. The van der Waals surface area contributed by atoms with Crippen LogP contribution < -0.4 is 5.32 Å². The Morgan fingerprint density at radius 2 is 2.42 bits per heavy atom. The molecule has 0 spiro atoms. The van der Waals surface area contributed by atoms with Gasteiger partial charge in [-0.1, -0.05) is 0 Å². The molecule has 3 heteroatoms. The molecular formula is C9H10N2O. The molecule has 1 heterocycles. The third kappa shape index (κ3) is 1.13. The Bertz CT molecular complexity index is 381. The van der Waals surface area contributed by atoms with Crippen molar-refractivity contribution >= 4 is 16.8 Å². The summed E-state index contributed by atoms with van der Waals surface area (Å²) in [5.74, 6) is 0. The molecule has 0 bridgehead atoms. The first-order valence-corrected chi connectivity index (χ1v) is 3.97. The number of hydrogen-bond donors (Lipinski definition) is 1. The Morgan fingerprint density at radius 1 is 1.50 bits per heavy atom. The molecule has 1 aromatic heterocycles. The molecule has 12 heavy (non-hydrogen) atoms. The highest BCUT2D eigenvalue weighted by molar-refractivity contribution is 5.76. The first-order chi connectivity index (χ1) is 5.90. The minimum absolute atomic E-state index is 0.830. The zero-order valence-electron chi connectivity index (χ0n) is 6.87. The second-order valence-electron chi connectivity index (χ2n) is 2.57. The number of oxazole rings is 1. The summed E-state index contributed by atoms with van der Waals surface area (Å²) in [5, 5.41) is 3.21. The Hall–Kier alpha value is -1.51. The summed E-state index contributed by atoms with van der Waals surface area (Å²) in [5.41, 5.74) is 2.81. The molecule has 0 radical (unpaired) electrons. The lowest BCUT2D eigenvalue weighted by molar-refractivity contribution is 0.602. The number of benzene rings is 1. The largest absolute Gasteiger partial charge is 0.443 e. The van der Waals surface area contributed by atoms with E-state index in [4.69, 9.17) is 4.42 Å². The number of nitrogens with one attached hydrogen (secondary N) is 1. The highest BCUT2D eigenvalue weighted by atomic mass is 16.3. The Balaban J connectivity index is 2.46. The van der Waals surface area contributed by atoms with Crippen molar-refractivity contribution in [3.8, 4) is 0 Å². The van der Waals surface area contributed by atoms with Crippen molar-refractivity contribution in [3.63, 3.8) is 0 Å². The van der Waals surface area contributed by atoms with Gasteiger partial charge in [0.2, 0.25) is 0 Å². The molecule has 1 aromatic carbocycles. The van der Waals surface area contributed by atoms with Gasteiger partial charge in [0.25, 0.3) is 0 Å². The van der Waals surface area contributed by atoms with Crippen molar-refractivity contribution < 1.29 is 4.42 Å². The van der Waals surface area contributed by atoms with Gasteiger partial charge in [0.05, 0.1) is 0 Å². The lowest BCUT2D eigenvalue weighted by Crippen LogP contribution is -1.95. The summed E-state index contributed by atoms with van der Waals surface area (Å²) in [6, 6.07) is 5.87. The highest BCUT2D eigenvalue weighted by Gasteiger charge is 1.97. The van der Waals surface area contributed by atoms with E-state index in [-0.39, 0.29) is 0 Å². The minimum atomic E-state index is 0.830. The maximum atomic E-state index is 5.11. The number of rotatable bonds is 2. The normalized spacial score (nSPS) is 10.4. The van der Waals surface area contributed by atoms with Crippen LogP contribution in [0.25, 0.3) is 11.1 Å². The van der Waals surface area contributed by atoms with Crippen LogP contribution >= 0.6 is 0 Å². The zero-order chi connectivity index (χ0) is 8.39. The lowest BCUT2D eigenvalue weighted by atomic mass is 10.3. The molecule has 0 amide bonds. The Morgan fingerprint density at radius 3 is 3.25 bits per heavy atom. The van der Waals surface area contributed by atoms with E-state index in [1.807, 2.05) is 18.2 Å². The first kappa shape index (κ1) is 7.16. The third-order valence-corrected chi connectivity index (χ3v) is 1.71. The number of anilines is 1. The van der Waals surface area contributed by atoms with Gasteiger partial charge in [-0.15, -0.1) is 0 Å². The first-order valence-electron chi connectivity index (χ1n) is 3.97. The fraction of sp³-hybridized carbons (Fsp3) is 0.222. The van der Waals surface area contributed by atoms with E-state index in [2.05, 4.69) is 17.2 Å². The van der Waals surface area contributed by atoms with Crippen LogP contribution in [0.4, 0.5) is 5.69 Å². The van der Waals surface area contributed by atoms with Crippen molar-refractivity contribution in [2.45, 2.75) is 6.92 Å². The molecule has 0 unspecified atom stereocenters. The predicted molar refractivity (Wildman–Crippen MR) is 48.2 cm³/mol. The Labute approximate surface area is 70.4 Å². The molecule has 0 saturated heterocycles. The van der Waals surface area contributed by atoms with Crippen LogP contribution in [0.5, 0.6) is 0 Å². The van der Waals surface area contributed by atoms with Crippen LogP contribution in [0, 0.1) is 0 Å². The second kappa shape index (κ2) is 2.85. The van der Waals surface area contributed by atoms with Crippen LogP contribution in [0.15, 0.2) is 29.0 Å². The number of aromatic nitrogens is 1. The summed E-state index contributed by atoms with van der Waals surface area (Å²) in [7, 11) is 0. The summed E-state index contributed by atoms with van der Waals surface area (Å²) in [6.07, 6.45) is 1.46. The second-order valence-corrected chi connectivity index (χ2v) is 2.57. The smallest absolute Gasteiger partial charge is 0.181 e. The van der Waals surface area contributed by atoms with Crippen molar-refractivity contribution in [1.29, 1.82) is 0 Å². The van der Waals surface area contributed by atoms with Crippen LogP contribution in [0.3, 0.4) is 0 Å². The number of nitrogens with zero attached hydrogens (tertiary/aromatic N) is 1. The quantitative estimate of drug-likeness (QED) is 0.736. The van der Waals surface area contributed by atoms with E-state index in [1.54, 1.807) is 0 Å². The molecule has 2 aromatic rings. The van der Waals surface area contributed by atoms with Gasteiger partial charge in [-0.05, 0) is 25.1 Å². The average molecular weight is 162 g/mol. The van der Waals surface area contributed by atoms with E-state index in [0.717, 1.165) is 23.3 Å². The summed E-state index contributed by atoms with van der Waals surface area (Å²) in [6.45, 7) is 2.98. The predicted octanol–water partition coefficient (Wildman–Crippen LogP) is 2.26. The third-order valence-electron chi connectivity index (χ3n) is 1.71. The standard InChI is InChI=1S/C9H10N2O/c1-2-10-7-3-4-9-8(5-7)11-6-12-9/h3-6,10H,2H2,1H3. The number of hydrogen-bond acceptors (Lipinski definition) is 3. The highest BCUT2D eigenvalue weighted by Crippen LogP contribution is 2.16. The van der Waals surface area contributed by atoms with Crippen molar-refractivity contribution in [2.24, 2.45) is 0 Å². The molecule has 2 rings (SSSR count). The molecular weight excluding hydrogens is 152 g/mol. The molecule has 0 saturated carbocycles.